The van der Waals surface area contributed by atoms with Crippen molar-refractivity contribution >= 4 is 29.1 Å². The van der Waals surface area contributed by atoms with Crippen LogP contribution in [0.3, 0.4) is 0 Å². The lowest BCUT2D eigenvalue weighted by atomic mass is 10.1. The molecule has 0 saturated carbocycles. The third kappa shape index (κ3) is 4.91. The van der Waals surface area contributed by atoms with Crippen LogP contribution in [0.2, 0.25) is 0 Å². The summed E-state index contributed by atoms with van der Waals surface area (Å²) in [5, 5.41) is 10.0. The van der Waals surface area contributed by atoms with Crippen LogP contribution in [0.5, 0.6) is 0 Å². The number of carbonyl (C=O) groups is 2. The predicted octanol–water partition coefficient (Wildman–Crippen LogP) is 3.56. The van der Waals surface area contributed by atoms with Crippen molar-refractivity contribution in [1.29, 1.82) is 0 Å². The molecule has 35 heavy (non-hydrogen) atoms. The van der Waals surface area contributed by atoms with Crippen LogP contribution in [-0.4, -0.2) is 40.9 Å². The highest BCUT2D eigenvalue weighted by Crippen LogP contribution is 2.21. The van der Waals surface area contributed by atoms with Gasteiger partial charge in [-0.1, -0.05) is 30.3 Å². The minimum Gasteiger partial charge on any atom is -0.331 e. The van der Waals surface area contributed by atoms with E-state index in [1.54, 1.807) is 54.6 Å². The number of anilines is 2. The molecular weight excluding hydrogens is 444 g/mol. The van der Waals surface area contributed by atoms with E-state index < -0.39 is 0 Å². The minimum atomic E-state index is -0.307. The van der Waals surface area contributed by atoms with Gasteiger partial charge in [0.15, 0.2) is 17.3 Å². The maximum Gasteiger partial charge on any atom is 0.258 e. The van der Waals surface area contributed by atoms with Gasteiger partial charge in [-0.3, -0.25) is 14.6 Å². The van der Waals surface area contributed by atoms with Gasteiger partial charge in [0.25, 0.3) is 5.91 Å². The number of imidazole rings is 2. The molecule has 0 fully saturated rings. The lowest BCUT2D eigenvalue weighted by Gasteiger charge is -2.08. The Hall–Kier alpha value is -4.86. The topological polar surface area (TPSA) is 119 Å². The molecule has 4 heterocycles. The fraction of sp³-hybridized carbons (Fsp3) is 0.120. The fourth-order valence-electron chi connectivity index (χ4n) is 3.67. The maximum atomic E-state index is 13.0. The third-order valence-corrected chi connectivity index (χ3v) is 5.33. The van der Waals surface area contributed by atoms with Gasteiger partial charge in [-0.2, -0.15) is 5.10 Å². The predicted molar refractivity (Wildman–Crippen MR) is 131 cm³/mol. The van der Waals surface area contributed by atoms with Gasteiger partial charge in [-0.25, -0.2) is 14.5 Å². The van der Waals surface area contributed by atoms with Gasteiger partial charge >= 0.3 is 0 Å². The minimum absolute atomic E-state index is 0.211. The van der Waals surface area contributed by atoms with Crippen LogP contribution in [-0.2, 0) is 11.3 Å². The monoisotopic (exact) mass is 466 g/mol. The number of nitrogens with one attached hydrogen (secondary N) is 2. The summed E-state index contributed by atoms with van der Waals surface area (Å²) in [7, 11) is 0. The Balaban J connectivity index is 1.35. The number of aromatic nitrogens is 6. The number of nitrogens with zero attached hydrogens (tertiary/aromatic N) is 6. The lowest BCUT2D eigenvalue weighted by molar-refractivity contribution is -0.114. The first-order chi connectivity index (χ1) is 16.9. The van der Waals surface area contributed by atoms with Crippen LogP contribution in [0.25, 0.3) is 16.9 Å². The SMILES string of the molecule is CC(=O)Nc1cn2nc(-c3cnc(C)c(C(=O)Nc4cn(Cc5ccccc5)cn4)c3)ccc2n1. The van der Waals surface area contributed by atoms with Crippen molar-refractivity contribution in [3.63, 3.8) is 0 Å². The average molecular weight is 467 g/mol. The second-order valence-corrected chi connectivity index (χ2v) is 8.06. The zero-order chi connectivity index (χ0) is 24.4. The number of rotatable bonds is 6. The fourth-order valence-corrected chi connectivity index (χ4v) is 3.67. The number of aryl methyl sites for hydroxylation is 1. The van der Waals surface area contributed by atoms with Gasteiger partial charge in [-0.15, -0.1) is 0 Å². The molecule has 2 N–H and O–H groups in total. The molecule has 5 aromatic rings. The molecular formula is C25H22N8O2. The number of carbonyl (C=O) groups excluding carboxylic acids is 2. The van der Waals surface area contributed by atoms with E-state index in [1.807, 2.05) is 34.9 Å². The molecule has 0 aliphatic carbocycles. The van der Waals surface area contributed by atoms with Crippen LogP contribution in [0.1, 0.15) is 28.5 Å². The van der Waals surface area contributed by atoms with E-state index in [9.17, 15) is 9.59 Å². The first kappa shape index (κ1) is 22.0. The number of amides is 2. The molecule has 4 aromatic heterocycles. The summed E-state index contributed by atoms with van der Waals surface area (Å²) in [4.78, 5) is 37.3. The normalized spacial score (nSPS) is 10.9. The summed E-state index contributed by atoms with van der Waals surface area (Å²) in [5.74, 6) is 0.352. The molecule has 0 aliphatic heterocycles. The highest BCUT2D eigenvalue weighted by atomic mass is 16.2. The van der Waals surface area contributed by atoms with Crippen LogP contribution >= 0.6 is 0 Å². The van der Waals surface area contributed by atoms with Crippen LogP contribution in [0.4, 0.5) is 11.6 Å². The van der Waals surface area contributed by atoms with Crippen molar-refractivity contribution in [2.75, 3.05) is 10.6 Å². The molecule has 1 aromatic carbocycles. The quantitative estimate of drug-likeness (QED) is 0.395. The van der Waals surface area contributed by atoms with Gasteiger partial charge in [-0.05, 0) is 30.7 Å². The molecule has 5 rings (SSSR count). The van der Waals surface area contributed by atoms with Crippen molar-refractivity contribution in [1.82, 2.24) is 29.1 Å². The van der Waals surface area contributed by atoms with Crippen molar-refractivity contribution in [2.45, 2.75) is 20.4 Å². The summed E-state index contributed by atoms with van der Waals surface area (Å²) >= 11 is 0. The van der Waals surface area contributed by atoms with Crippen molar-refractivity contribution in [2.24, 2.45) is 0 Å². The van der Waals surface area contributed by atoms with Crippen molar-refractivity contribution in [3.05, 3.63) is 90.3 Å². The lowest BCUT2D eigenvalue weighted by Crippen LogP contribution is -2.14. The summed E-state index contributed by atoms with van der Waals surface area (Å²) in [5.41, 5.74) is 4.02. The van der Waals surface area contributed by atoms with Gasteiger partial charge in [0, 0.05) is 31.4 Å². The largest absolute Gasteiger partial charge is 0.331 e. The summed E-state index contributed by atoms with van der Waals surface area (Å²) in [6.07, 6.45) is 6.77. The Morgan fingerprint density at radius 2 is 1.80 bits per heavy atom. The molecule has 0 atom stereocenters. The number of fused-ring (bicyclic) bond motifs is 1. The van der Waals surface area contributed by atoms with Gasteiger partial charge in [0.2, 0.25) is 5.91 Å². The van der Waals surface area contributed by atoms with Crippen molar-refractivity contribution < 1.29 is 9.59 Å². The average Bonchev–Trinajstić information content (AvgIpc) is 3.44. The van der Waals surface area contributed by atoms with Gasteiger partial charge in [0.05, 0.1) is 29.5 Å². The Labute approximate surface area is 200 Å². The molecule has 0 spiro atoms. The standard InChI is InChI=1S/C25H22N8O2/c1-16-20(25(35)30-22-13-32(15-27-22)12-18-6-4-3-5-7-18)10-19(11-26-16)21-8-9-24-29-23(28-17(2)34)14-33(24)31-21/h3-11,13-15H,12H2,1-2H3,(H,28,34)(H,30,35). The van der Waals surface area contributed by atoms with E-state index in [4.69, 9.17) is 0 Å². The van der Waals surface area contributed by atoms with Crippen LogP contribution in [0.15, 0.2) is 73.4 Å². The highest BCUT2D eigenvalue weighted by Gasteiger charge is 2.15. The molecule has 0 saturated heterocycles. The molecule has 0 bridgehead atoms. The smallest absolute Gasteiger partial charge is 0.258 e. The first-order valence-corrected chi connectivity index (χ1v) is 10.9. The molecule has 0 radical (unpaired) electrons. The summed E-state index contributed by atoms with van der Waals surface area (Å²) in [6.45, 7) is 3.85. The number of hydrogen-bond acceptors (Lipinski definition) is 6. The molecule has 0 unspecified atom stereocenters. The summed E-state index contributed by atoms with van der Waals surface area (Å²) < 4.78 is 3.48. The zero-order valence-electron chi connectivity index (χ0n) is 19.1. The van der Waals surface area contributed by atoms with Crippen LogP contribution in [0, 0.1) is 6.92 Å². The molecule has 174 valence electrons. The first-order valence-electron chi connectivity index (χ1n) is 10.9. The Morgan fingerprint density at radius 1 is 0.971 bits per heavy atom. The zero-order valence-corrected chi connectivity index (χ0v) is 19.1. The van der Waals surface area contributed by atoms with Crippen molar-refractivity contribution in [3.8, 4) is 11.3 Å². The number of pyridine rings is 1. The summed E-state index contributed by atoms with van der Waals surface area (Å²) in [6, 6.07) is 15.3. The number of hydrogen-bond donors (Lipinski definition) is 2. The van der Waals surface area contributed by atoms with Crippen LogP contribution < -0.4 is 10.6 Å². The highest BCUT2D eigenvalue weighted by molar-refractivity contribution is 6.05. The molecule has 10 heteroatoms. The molecule has 0 aliphatic rings. The Bertz CT molecular complexity index is 1540. The maximum absolute atomic E-state index is 13.0. The molecule has 10 nitrogen and oxygen atoms in total. The van der Waals surface area contributed by atoms with Gasteiger partial charge in [0.1, 0.15) is 0 Å². The molecule has 2 amide bonds. The van der Waals surface area contributed by atoms with Gasteiger partial charge < -0.3 is 15.2 Å². The second kappa shape index (κ2) is 9.18. The van der Waals surface area contributed by atoms with E-state index in [0.717, 1.165) is 5.56 Å². The van der Waals surface area contributed by atoms with E-state index in [2.05, 4.69) is 30.7 Å². The van der Waals surface area contributed by atoms with E-state index in [1.165, 1.54) is 6.92 Å². The third-order valence-electron chi connectivity index (χ3n) is 5.33. The van der Waals surface area contributed by atoms with E-state index in [0.29, 0.717) is 46.3 Å². The Morgan fingerprint density at radius 3 is 2.60 bits per heavy atom. The Kier molecular flexibility index (Phi) is 5.76. The van der Waals surface area contributed by atoms with E-state index >= 15 is 0 Å². The number of benzene rings is 1. The second-order valence-electron chi connectivity index (χ2n) is 8.06. The van der Waals surface area contributed by atoms with E-state index in [-0.39, 0.29) is 11.8 Å².